The summed E-state index contributed by atoms with van der Waals surface area (Å²) in [4.78, 5) is 13.6. The molecule has 0 saturated carbocycles. The van der Waals surface area contributed by atoms with Crippen LogP contribution < -0.4 is 0 Å². The number of likely N-dealkylation sites (N-methyl/N-ethyl adjacent to an activating group) is 1. The number of aliphatic hydroxyl groups is 1. The SMILES string of the molecule is CN(C)C[C@]1(O)CCCN(Cc2c(-c3ccccc3)nc3ncccn23)C1. The standard InChI is InChI=1S/C21H27N5O/c1-24(2)15-21(27)10-6-12-25(16-21)14-18-19(17-8-4-3-5-9-17)23-20-22-11-7-13-26(18)20/h3-5,7-9,11,13,27H,6,10,12,14-16H2,1-2H3/t21-/m1/s1. The van der Waals surface area contributed by atoms with Gasteiger partial charge in [-0.15, -0.1) is 0 Å². The first kappa shape index (κ1) is 18.1. The third kappa shape index (κ3) is 3.88. The fraction of sp³-hybridized carbons (Fsp3) is 0.429. The van der Waals surface area contributed by atoms with Crippen molar-refractivity contribution >= 4 is 5.78 Å². The lowest BCUT2D eigenvalue weighted by Crippen LogP contribution is -2.52. The van der Waals surface area contributed by atoms with Gasteiger partial charge in [0.2, 0.25) is 5.78 Å². The fourth-order valence-electron chi connectivity index (χ4n) is 4.18. The van der Waals surface area contributed by atoms with E-state index in [4.69, 9.17) is 4.98 Å². The van der Waals surface area contributed by atoms with Crippen LogP contribution in [-0.4, -0.2) is 68.6 Å². The first-order chi connectivity index (χ1) is 13.0. The van der Waals surface area contributed by atoms with E-state index in [1.165, 1.54) is 0 Å². The number of imidazole rings is 1. The van der Waals surface area contributed by atoms with Crippen LogP contribution in [0.3, 0.4) is 0 Å². The Bertz CT molecular complexity index is 907. The van der Waals surface area contributed by atoms with E-state index in [0.29, 0.717) is 18.9 Å². The zero-order valence-corrected chi connectivity index (χ0v) is 16.0. The van der Waals surface area contributed by atoms with Gasteiger partial charge in [0.05, 0.1) is 17.0 Å². The van der Waals surface area contributed by atoms with Crippen molar-refractivity contribution in [2.45, 2.75) is 25.0 Å². The van der Waals surface area contributed by atoms with E-state index in [2.05, 4.69) is 31.3 Å². The number of likely N-dealkylation sites (tertiary alicyclic amines) is 1. The van der Waals surface area contributed by atoms with Crippen LogP contribution in [-0.2, 0) is 6.54 Å². The third-order valence-electron chi connectivity index (χ3n) is 5.17. The summed E-state index contributed by atoms with van der Waals surface area (Å²) in [6.45, 7) is 3.08. The lowest BCUT2D eigenvalue weighted by molar-refractivity contribution is -0.0482. The van der Waals surface area contributed by atoms with Gasteiger partial charge in [-0.05, 0) is 39.5 Å². The molecule has 1 saturated heterocycles. The lowest BCUT2D eigenvalue weighted by atomic mass is 9.92. The highest BCUT2D eigenvalue weighted by Gasteiger charge is 2.34. The highest BCUT2D eigenvalue weighted by Crippen LogP contribution is 2.28. The Morgan fingerprint density at radius 1 is 1.19 bits per heavy atom. The molecular weight excluding hydrogens is 338 g/mol. The van der Waals surface area contributed by atoms with Crippen LogP contribution in [0.25, 0.3) is 17.0 Å². The number of β-amino-alcohol motifs (C(OH)–C–C–N with tert-alkyl or cyclic N) is 1. The quantitative estimate of drug-likeness (QED) is 0.752. The Kier molecular flexibility index (Phi) is 4.95. The maximum absolute atomic E-state index is 11.0. The molecule has 1 aromatic carbocycles. The molecule has 0 radical (unpaired) electrons. The molecule has 0 amide bonds. The number of nitrogens with zero attached hydrogens (tertiary/aromatic N) is 5. The molecule has 6 heteroatoms. The van der Waals surface area contributed by atoms with E-state index in [-0.39, 0.29) is 0 Å². The van der Waals surface area contributed by atoms with Gasteiger partial charge in [-0.25, -0.2) is 9.97 Å². The number of hydrogen-bond donors (Lipinski definition) is 1. The summed E-state index contributed by atoms with van der Waals surface area (Å²) in [5.41, 5.74) is 2.53. The largest absolute Gasteiger partial charge is 0.387 e. The first-order valence-corrected chi connectivity index (χ1v) is 9.51. The predicted octanol–water partition coefficient (Wildman–Crippen LogP) is 2.28. The van der Waals surface area contributed by atoms with Crippen LogP contribution in [0.2, 0.25) is 0 Å². The van der Waals surface area contributed by atoms with E-state index < -0.39 is 5.60 Å². The zero-order valence-electron chi connectivity index (χ0n) is 16.0. The Morgan fingerprint density at radius 3 is 2.78 bits per heavy atom. The molecular formula is C21H27N5O. The molecule has 4 rings (SSSR count). The van der Waals surface area contributed by atoms with E-state index in [1.54, 1.807) is 6.20 Å². The van der Waals surface area contributed by atoms with Crippen LogP contribution >= 0.6 is 0 Å². The van der Waals surface area contributed by atoms with E-state index in [9.17, 15) is 5.11 Å². The average molecular weight is 365 g/mol. The maximum Gasteiger partial charge on any atom is 0.234 e. The van der Waals surface area contributed by atoms with Crippen LogP contribution in [0.1, 0.15) is 18.5 Å². The summed E-state index contributed by atoms with van der Waals surface area (Å²) in [7, 11) is 4.03. The first-order valence-electron chi connectivity index (χ1n) is 9.51. The second kappa shape index (κ2) is 7.38. The normalized spacial score (nSPS) is 21.2. The van der Waals surface area contributed by atoms with Crippen molar-refractivity contribution < 1.29 is 5.11 Å². The van der Waals surface area contributed by atoms with Gasteiger partial charge in [0, 0.05) is 37.6 Å². The van der Waals surface area contributed by atoms with Gasteiger partial charge in [0.1, 0.15) is 0 Å². The second-order valence-corrected chi connectivity index (χ2v) is 7.84. The molecule has 27 heavy (non-hydrogen) atoms. The molecule has 3 aromatic rings. The highest BCUT2D eigenvalue weighted by molar-refractivity contribution is 5.65. The average Bonchev–Trinajstić information content (AvgIpc) is 3.00. The lowest BCUT2D eigenvalue weighted by Gasteiger charge is -2.40. The molecule has 1 aliphatic rings. The van der Waals surface area contributed by atoms with Crippen molar-refractivity contribution in [3.05, 3.63) is 54.5 Å². The van der Waals surface area contributed by atoms with Gasteiger partial charge in [-0.3, -0.25) is 9.30 Å². The van der Waals surface area contributed by atoms with Gasteiger partial charge < -0.3 is 10.0 Å². The van der Waals surface area contributed by atoms with Gasteiger partial charge >= 0.3 is 0 Å². The molecule has 1 fully saturated rings. The number of aromatic nitrogens is 3. The number of hydrogen-bond acceptors (Lipinski definition) is 5. The Morgan fingerprint density at radius 2 is 2.00 bits per heavy atom. The Balaban J connectivity index is 1.67. The van der Waals surface area contributed by atoms with E-state index in [0.717, 1.165) is 42.9 Å². The smallest absolute Gasteiger partial charge is 0.234 e. The van der Waals surface area contributed by atoms with Crippen LogP contribution in [0.4, 0.5) is 0 Å². The summed E-state index contributed by atoms with van der Waals surface area (Å²) < 4.78 is 2.07. The van der Waals surface area contributed by atoms with Crippen molar-refractivity contribution in [2.24, 2.45) is 0 Å². The molecule has 142 valence electrons. The number of piperidine rings is 1. The summed E-state index contributed by atoms with van der Waals surface area (Å²) >= 11 is 0. The predicted molar refractivity (Wildman–Crippen MR) is 106 cm³/mol. The van der Waals surface area contributed by atoms with Gasteiger partial charge in [-0.1, -0.05) is 30.3 Å². The van der Waals surface area contributed by atoms with Crippen molar-refractivity contribution in [3.8, 4) is 11.3 Å². The fourth-order valence-corrected chi connectivity index (χ4v) is 4.18. The van der Waals surface area contributed by atoms with Gasteiger partial charge in [-0.2, -0.15) is 0 Å². The van der Waals surface area contributed by atoms with Crippen LogP contribution in [0, 0.1) is 0 Å². The molecule has 1 atom stereocenters. The molecule has 0 unspecified atom stereocenters. The van der Waals surface area contributed by atoms with Crippen LogP contribution in [0.15, 0.2) is 48.8 Å². The number of benzene rings is 1. The maximum atomic E-state index is 11.0. The molecule has 3 heterocycles. The van der Waals surface area contributed by atoms with Gasteiger partial charge in [0.15, 0.2) is 0 Å². The minimum absolute atomic E-state index is 0.659. The van der Waals surface area contributed by atoms with Crippen LogP contribution in [0.5, 0.6) is 0 Å². The monoisotopic (exact) mass is 365 g/mol. The summed E-state index contributed by atoms with van der Waals surface area (Å²) in [6, 6.07) is 12.2. The molecule has 0 spiro atoms. The second-order valence-electron chi connectivity index (χ2n) is 7.84. The molecule has 2 aromatic heterocycles. The molecule has 6 nitrogen and oxygen atoms in total. The summed E-state index contributed by atoms with van der Waals surface area (Å²) in [5.74, 6) is 0.715. The number of fused-ring (bicyclic) bond motifs is 1. The molecule has 1 aliphatic heterocycles. The van der Waals surface area contributed by atoms with E-state index in [1.807, 2.05) is 44.6 Å². The van der Waals surface area contributed by atoms with Crippen molar-refractivity contribution in [3.63, 3.8) is 0 Å². The minimum Gasteiger partial charge on any atom is -0.387 e. The van der Waals surface area contributed by atoms with Crippen molar-refractivity contribution in [1.29, 1.82) is 0 Å². The van der Waals surface area contributed by atoms with Crippen molar-refractivity contribution in [1.82, 2.24) is 24.2 Å². The topological polar surface area (TPSA) is 56.9 Å². The van der Waals surface area contributed by atoms with Crippen molar-refractivity contribution in [2.75, 3.05) is 33.7 Å². The van der Waals surface area contributed by atoms with E-state index >= 15 is 0 Å². The minimum atomic E-state index is -0.659. The molecule has 0 bridgehead atoms. The third-order valence-corrected chi connectivity index (χ3v) is 5.17. The highest BCUT2D eigenvalue weighted by atomic mass is 16.3. The molecule has 1 N–H and O–H groups in total. The molecule has 0 aliphatic carbocycles. The number of rotatable bonds is 5. The Hall–Kier alpha value is -2.28. The summed E-state index contributed by atoms with van der Waals surface area (Å²) in [5, 5.41) is 11.0. The zero-order chi connectivity index (χ0) is 18.9. The Labute approximate surface area is 160 Å². The van der Waals surface area contributed by atoms with Gasteiger partial charge in [0.25, 0.3) is 0 Å². The summed E-state index contributed by atoms with van der Waals surface area (Å²) in [6.07, 6.45) is 5.65.